The third kappa shape index (κ3) is 3.83. The van der Waals surface area contributed by atoms with Gasteiger partial charge in [-0.25, -0.2) is 13.1 Å². The van der Waals surface area contributed by atoms with Crippen molar-refractivity contribution in [1.82, 2.24) is 10.0 Å². The molecular formula is C11H16Cl2N2O2S. The van der Waals surface area contributed by atoms with Gasteiger partial charge in [0.25, 0.3) is 0 Å². The molecule has 1 unspecified atom stereocenters. The average molecular weight is 311 g/mol. The molecule has 18 heavy (non-hydrogen) atoms. The molecular weight excluding hydrogens is 295 g/mol. The van der Waals surface area contributed by atoms with Crippen LogP contribution < -0.4 is 10.0 Å². The van der Waals surface area contributed by atoms with Crippen LogP contribution in [0.2, 0.25) is 5.02 Å². The normalized spacial score (nSPS) is 20.2. The molecule has 0 saturated carbocycles. The van der Waals surface area contributed by atoms with Gasteiger partial charge in [0, 0.05) is 12.6 Å². The van der Waals surface area contributed by atoms with E-state index in [1.54, 1.807) is 18.2 Å². The summed E-state index contributed by atoms with van der Waals surface area (Å²) in [5.74, 6) is 0. The second kappa shape index (κ2) is 6.73. The van der Waals surface area contributed by atoms with Crippen molar-refractivity contribution in [1.29, 1.82) is 0 Å². The highest BCUT2D eigenvalue weighted by Crippen LogP contribution is 2.20. The number of nitrogens with one attached hydrogen (secondary N) is 2. The summed E-state index contributed by atoms with van der Waals surface area (Å²) in [6.45, 7) is 1.62. The molecule has 0 bridgehead atoms. The van der Waals surface area contributed by atoms with Crippen LogP contribution in [0.3, 0.4) is 0 Å². The van der Waals surface area contributed by atoms with E-state index in [2.05, 4.69) is 10.0 Å². The van der Waals surface area contributed by atoms with E-state index in [1.165, 1.54) is 6.07 Å². The van der Waals surface area contributed by atoms with Crippen molar-refractivity contribution in [2.45, 2.75) is 23.8 Å². The minimum atomic E-state index is -3.51. The Labute approximate surface area is 119 Å². The van der Waals surface area contributed by atoms with Crippen LogP contribution in [0.5, 0.6) is 0 Å². The van der Waals surface area contributed by atoms with Crippen LogP contribution in [-0.2, 0) is 10.0 Å². The van der Waals surface area contributed by atoms with Crippen molar-refractivity contribution in [2.75, 3.05) is 13.1 Å². The Bertz CT molecular complexity index is 488. The predicted molar refractivity (Wildman–Crippen MR) is 74.9 cm³/mol. The van der Waals surface area contributed by atoms with Gasteiger partial charge in [0.05, 0.1) is 5.02 Å². The Balaban J connectivity index is 0.00000162. The fourth-order valence-electron chi connectivity index (χ4n) is 1.90. The van der Waals surface area contributed by atoms with Gasteiger partial charge in [0.15, 0.2) is 0 Å². The smallest absolute Gasteiger partial charge is 0.242 e. The Hall–Kier alpha value is -0.330. The van der Waals surface area contributed by atoms with E-state index >= 15 is 0 Å². The third-order valence-electron chi connectivity index (χ3n) is 2.74. The lowest BCUT2D eigenvalue weighted by atomic mass is 10.1. The zero-order valence-electron chi connectivity index (χ0n) is 9.73. The molecule has 0 spiro atoms. The monoisotopic (exact) mass is 310 g/mol. The van der Waals surface area contributed by atoms with Gasteiger partial charge in [-0.1, -0.05) is 23.7 Å². The first-order valence-corrected chi connectivity index (χ1v) is 7.43. The van der Waals surface area contributed by atoms with E-state index in [4.69, 9.17) is 11.6 Å². The molecule has 0 radical (unpaired) electrons. The van der Waals surface area contributed by atoms with Crippen molar-refractivity contribution in [3.05, 3.63) is 29.3 Å². The van der Waals surface area contributed by atoms with Crippen LogP contribution in [-0.4, -0.2) is 27.5 Å². The van der Waals surface area contributed by atoms with Crippen LogP contribution in [0.1, 0.15) is 12.8 Å². The number of hydrogen-bond donors (Lipinski definition) is 2. The van der Waals surface area contributed by atoms with E-state index in [0.717, 1.165) is 19.4 Å². The minimum Gasteiger partial charge on any atom is -0.315 e. The van der Waals surface area contributed by atoms with Gasteiger partial charge in [-0.05, 0) is 31.5 Å². The maximum atomic E-state index is 12.1. The van der Waals surface area contributed by atoms with Gasteiger partial charge in [-0.15, -0.1) is 12.4 Å². The highest BCUT2D eigenvalue weighted by molar-refractivity contribution is 7.89. The molecule has 0 aliphatic carbocycles. The van der Waals surface area contributed by atoms with Gasteiger partial charge >= 0.3 is 0 Å². The van der Waals surface area contributed by atoms with Gasteiger partial charge in [-0.2, -0.15) is 0 Å². The summed E-state index contributed by atoms with van der Waals surface area (Å²) >= 11 is 5.89. The van der Waals surface area contributed by atoms with Gasteiger partial charge in [-0.3, -0.25) is 0 Å². The summed E-state index contributed by atoms with van der Waals surface area (Å²) in [6.07, 6.45) is 1.84. The lowest BCUT2D eigenvalue weighted by molar-refractivity contribution is 0.428. The average Bonchev–Trinajstić information content (AvgIpc) is 2.30. The van der Waals surface area contributed by atoms with E-state index in [-0.39, 0.29) is 28.4 Å². The summed E-state index contributed by atoms with van der Waals surface area (Å²) in [5, 5.41) is 3.42. The van der Waals surface area contributed by atoms with Crippen molar-refractivity contribution < 1.29 is 8.42 Å². The number of benzene rings is 1. The van der Waals surface area contributed by atoms with E-state index in [0.29, 0.717) is 6.54 Å². The standard InChI is InChI=1S/C11H15ClN2O2S.ClH/c12-10-5-1-2-6-11(10)17(15,16)14-9-4-3-7-13-8-9;/h1-2,5-6,9,13-14H,3-4,7-8H2;1H. The quantitative estimate of drug-likeness (QED) is 0.895. The maximum Gasteiger partial charge on any atom is 0.242 e. The molecule has 1 aliphatic heterocycles. The molecule has 1 heterocycles. The molecule has 1 aromatic rings. The zero-order valence-corrected chi connectivity index (χ0v) is 12.1. The lowest BCUT2D eigenvalue weighted by Gasteiger charge is -2.23. The van der Waals surface area contributed by atoms with Crippen LogP contribution in [0, 0.1) is 0 Å². The second-order valence-corrected chi connectivity index (χ2v) is 6.18. The third-order valence-corrected chi connectivity index (χ3v) is 4.77. The topological polar surface area (TPSA) is 58.2 Å². The molecule has 1 aromatic carbocycles. The first-order chi connectivity index (χ1) is 8.09. The molecule has 2 N–H and O–H groups in total. The Morgan fingerprint density at radius 1 is 1.33 bits per heavy atom. The minimum absolute atomic E-state index is 0. The molecule has 1 saturated heterocycles. The molecule has 0 aromatic heterocycles. The summed E-state index contributed by atoms with van der Waals surface area (Å²) in [4.78, 5) is 0.146. The van der Waals surface area contributed by atoms with Crippen LogP contribution >= 0.6 is 24.0 Å². The fraction of sp³-hybridized carbons (Fsp3) is 0.455. The summed E-state index contributed by atoms with van der Waals surface area (Å²) in [7, 11) is -3.51. The highest BCUT2D eigenvalue weighted by Gasteiger charge is 2.23. The molecule has 7 heteroatoms. The molecule has 1 atom stereocenters. The highest BCUT2D eigenvalue weighted by atomic mass is 35.5. The van der Waals surface area contributed by atoms with Crippen molar-refractivity contribution in [2.24, 2.45) is 0 Å². The van der Waals surface area contributed by atoms with Crippen molar-refractivity contribution in [3.8, 4) is 0 Å². The molecule has 1 fully saturated rings. The zero-order chi connectivity index (χ0) is 12.3. The fourth-order valence-corrected chi connectivity index (χ4v) is 3.69. The van der Waals surface area contributed by atoms with E-state index in [1.807, 2.05) is 0 Å². The number of sulfonamides is 1. The predicted octanol–water partition coefficient (Wildman–Crippen LogP) is 1.79. The molecule has 1 aliphatic rings. The first-order valence-electron chi connectivity index (χ1n) is 5.57. The largest absolute Gasteiger partial charge is 0.315 e. The van der Waals surface area contributed by atoms with Crippen LogP contribution in [0.4, 0.5) is 0 Å². The molecule has 102 valence electrons. The lowest BCUT2D eigenvalue weighted by Crippen LogP contribution is -2.45. The summed E-state index contributed by atoms with van der Waals surface area (Å²) in [6, 6.07) is 6.42. The van der Waals surface area contributed by atoms with Crippen molar-refractivity contribution in [3.63, 3.8) is 0 Å². The molecule has 4 nitrogen and oxygen atoms in total. The Kier molecular flexibility index (Phi) is 5.88. The molecule has 2 rings (SSSR count). The SMILES string of the molecule is Cl.O=S(=O)(NC1CCCNC1)c1ccccc1Cl. The maximum absolute atomic E-state index is 12.1. The second-order valence-electron chi connectivity index (χ2n) is 4.09. The van der Waals surface area contributed by atoms with Crippen molar-refractivity contribution >= 4 is 34.0 Å². The van der Waals surface area contributed by atoms with Crippen LogP contribution in [0.25, 0.3) is 0 Å². The van der Waals surface area contributed by atoms with Gasteiger partial charge in [0.1, 0.15) is 4.90 Å². The van der Waals surface area contributed by atoms with Crippen LogP contribution in [0.15, 0.2) is 29.2 Å². The molecule has 0 amide bonds. The summed E-state index contributed by atoms with van der Waals surface area (Å²) in [5.41, 5.74) is 0. The van der Waals surface area contributed by atoms with E-state index < -0.39 is 10.0 Å². The number of halogens is 2. The summed E-state index contributed by atoms with van der Waals surface area (Å²) < 4.78 is 26.9. The number of rotatable bonds is 3. The Morgan fingerprint density at radius 3 is 2.67 bits per heavy atom. The van der Waals surface area contributed by atoms with Gasteiger partial charge < -0.3 is 5.32 Å². The number of hydrogen-bond acceptors (Lipinski definition) is 3. The van der Waals surface area contributed by atoms with E-state index in [9.17, 15) is 8.42 Å². The Morgan fingerprint density at radius 2 is 2.06 bits per heavy atom. The number of piperidine rings is 1. The van der Waals surface area contributed by atoms with Gasteiger partial charge in [0.2, 0.25) is 10.0 Å². The first kappa shape index (κ1) is 15.7.